The summed E-state index contributed by atoms with van der Waals surface area (Å²) < 4.78 is 1.03. The van der Waals surface area contributed by atoms with Gasteiger partial charge in [-0.05, 0) is 24.6 Å². The van der Waals surface area contributed by atoms with Gasteiger partial charge in [0.25, 0.3) is 0 Å². The van der Waals surface area contributed by atoms with Crippen molar-refractivity contribution in [3.8, 4) is 0 Å². The largest absolute Gasteiger partial charge is 0.343 e. The third-order valence-corrected chi connectivity index (χ3v) is 5.12. The topological polar surface area (TPSA) is 49.3 Å². The third-order valence-electron chi connectivity index (χ3n) is 3.69. The lowest BCUT2D eigenvalue weighted by Crippen LogP contribution is -2.49. The lowest BCUT2D eigenvalue weighted by molar-refractivity contribution is -0.130. The van der Waals surface area contributed by atoms with Crippen LogP contribution in [0.25, 0.3) is 0 Å². The van der Waals surface area contributed by atoms with Crippen molar-refractivity contribution in [3.63, 3.8) is 0 Å². The normalized spacial score (nSPS) is 15.2. The van der Waals surface area contributed by atoms with Gasteiger partial charge in [-0.1, -0.05) is 39.4 Å². The smallest absolute Gasteiger partial charge is 0.227 e. The van der Waals surface area contributed by atoms with Gasteiger partial charge in [0.1, 0.15) is 5.01 Å². The highest BCUT2D eigenvalue weighted by atomic mass is 79.9. The number of benzene rings is 1. The predicted octanol–water partition coefficient (Wildman–Crippen LogP) is 2.50. The van der Waals surface area contributed by atoms with Crippen LogP contribution in [0.1, 0.15) is 10.6 Å². The number of halogens is 1. The average Bonchev–Trinajstić information content (AvgIpc) is 2.96. The van der Waals surface area contributed by atoms with E-state index >= 15 is 0 Å². The fourth-order valence-electron chi connectivity index (χ4n) is 2.45. The molecule has 0 unspecified atom stereocenters. The second kappa shape index (κ2) is 6.75. The molecule has 0 bridgehead atoms. The number of hydrogen-bond donors (Lipinski definition) is 0. The van der Waals surface area contributed by atoms with Gasteiger partial charge in [-0.15, -0.1) is 10.2 Å². The molecular formula is C15H17BrN4OS. The molecule has 5 nitrogen and oxygen atoms in total. The number of aromatic nitrogens is 2. The van der Waals surface area contributed by atoms with Gasteiger partial charge in [0.15, 0.2) is 0 Å². The molecule has 1 aromatic carbocycles. The average molecular weight is 381 g/mol. The molecule has 0 saturated carbocycles. The predicted molar refractivity (Wildman–Crippen MR) is 91.3 cm³/mol. The van der Waals surface area contributed by atoms with Crippen molar-refractivity contribution in [3.05, 3.63) is 39.3 Å². The van der Waals surface area contributed by atoms with E-state index in [1.807, 2.05) is 36.1 Å². The molecule has 1 fully saturated rings. The molecule has 0 radical (unpaired) electrons. The molecule has 0 aliphatic carbocycles. The molecule has 2 aromatic rings. The Morgan fingerprint density at radius 2 is 1.86 bits per heavy atom. The Labute approximate surface area is 142 Å². The summed E-state index contributed by atoms with van der Waals surface area (Å²) in [6.07, 6.45) is 0.463. The van der Waals surface area contributed by atoms with Gasteiger partial charge in [0, 0.05) is 30.7 Å². The summed E-state index contributed by atoms with van der Waals surface area (Å²) >= 11 is 5.01. The summed E-state index contributed by atoms with van der Waals surface area (Å²) in [5.74, 6) is 0.190. The van der Waals surface area contributed by atoms with Crippen molar-refractivity contribution in [2.45, 2.75) is 13.3 Å². The van der Waals surface area contributed by atoms with Crippen molar-refractivity contribution < 1.29 is 4.79 Å². The van der Waals surface area contributed by atoms with E-state index in [-0.39, 0.29) is 5.91 Å². The van der Waals surface area contributed by atoms with Crippen LogP contribution in [0, 0.1) is 6.92 Å². The van der Waals surface area contributed by atoms with Gasteiger partial charge in [-0.2, -0.15) is 0 Å². The van der Waals surface area contributed by atoms with E-state index < -0.39 is 0 Å². The standard InChI is InChI=1S/C15H17BrN4OS/c1-11-17-18-15(22-11)20-8-6-19(7-9-20)14(21)10-12-2-4-13(16)5-3-12/h2-5H,6-10H2,1H3. The number of aryl methyl sites for hydroxylation is 1. The summed E-state index contributed by atoms with van der Waals surface area (Å²) in [6.45, 7) is 5.09. The van der Waals surface area contributed by atoms with E-state index in [0.29, 0.717) is 6.42 Å². The quantitative estimate of drug-likeness (QED) is 0.820. The van der Waals surface area contributed by atoms with Gasteiger partial charge >= 0.3 is 0 Å². The number of amides is 1. The van der Waals surface area contributed by atoms with Gasteiger partial charge < -0.3 is 9.80 Å². The minimum atomic E-state index is 0.190. The first-order chi connectivity index (χ1) is 10.6. The molecule has 1 amide bonds. The summed E-state index contributed by atoms with van der Waals surface area (Å²) in [6, 6.07) is 7.92. The van der Waals surface area contributed by atoms with E-state index in [1.165, 1.54) is 0 Å². The Balaban J connectivity index is 1.54. The van der Waals surface area contributed by atoms with E-state index in [9.17, 15) is 4.79 Å². The summed E-state index contributed by atoms with van der Waals surface area (Å²) in [7, 11) is 0. The molecule has 2 heterocycles. The van der Waals surface area contributed by atoms with E-state index in [0.717, 1.165) is 46.4 Å². The monoisotopic (exact) mass is 380 g/mol. The Hall–Kier alpha value is -1.47. The lowest BCUT2D eigenvalue weighted by atomic mass is 10.1. The highest BCUT2D eigenvalue weighted by Gasteiger charge is 2.23. The maximum Gasteiger partial charge on any atom is 0.227 e. The minimum Gasteiger partial charge on any atom is -0.343 e. The molecular weight excluding hydrogens is 364 g/mol. The Bertz CT molecular complexity index is 650. The van der Waals surface area contributed by atoms with Crippen molar-refractivity contribution in [2.75, 3.05) is 31.1 Å². The first-order valence-electron chi connectivity index (χ1n) is 7.19. The second-order valence-electron chi connectivity index (χ2n) is 5.27. The fraction of sp³-hybridized carbons (Fsp3) is 0.400. The summed E-state index contributed by atoms with van der Waals surface area (Å²) in [5.41, 5.74) is 1.05. The van der Waals surface area contributed by atoms with Crippen LogP contribution >= 0.6 is 27.3 Å². The Morgan fingerprint density at radius 3 is 2.45 bits per heavy atom. The first-order valence-corrected chi connectivity index (χ1v) is 8.80. The van der Waals surface area contributed by atoms with Crippen LogP contribution in [0.5, 0.6) is 0 Å². The maximum absolute atomic E-state index is 12.4. The first kappa shape index (κ1) is 15.4. The number of piperazine rings is 1. The van der Waals surface area contributed by atoms with Crippen LogP contribution < -0.4 is 4.90 Å². The van der Waals surface area contributed by atoms with Crippen LogP contribution in [0.3, 0.4) is 0 Å². The molecule has 116 valence electrons. The molecule has 0 spiro atoms. The van der Waals surface area contributed by atoms with Crippen molar-refractivity contribution in [1.29, 1.82) is 0 Å². The maximum atomic E-state index is 12.4. The van der Waals surface area contributed by atoms with E-state index in [4.69, 9.17) is 0 Å². The number of rotatable bonds is 3. The lowest BCUT2D eigenvalue weighted by Gasteiger charge is -2.34. The van der Waals surface area contributed by atoms with Gasteiger partial charge in [0.2, 0.25) is 11.0 Å². The molecule has 22 heavy (non-hydrogen) atoms. The van der Waals surface area contributed by atoms with Crippen LogP contribution in [0.4, 0.5) is 5.13 Å². The summed E-state index contributed by atoms with van der Waals surface area (Å²) in [4.78, 5) is 16.5. The molecule has 0 atom stereocenters. The minimum absolute atomic E-state index is 0.190. The molecule has 1 aliphatic heterocycles. The number of anilines is 1. The van der Waals surface area contributed by atoms with Crippen LogP contribution in [-0.2, 0) is 11.2 Å². The van der Waals surface area contributed by atoms with Crippen molar-refractivity contribution >= 4 is 38.3 Å². The Morgan fingerprint density at radius 1 is 1.18 bits per heavy atom. The van der Waals surface area contributed by atoms with E-state index in [1.54, 1.807) is 11.3 Å². The molecule has 3 rings (SSSR count). The van der Waals surface area contributed by atoms with Crippen LogP contribution in [-0.4, -0.2) is 47.2 Å². The zero-order valence-corrected chi connectivity index (χ0v) is 14.7. The van der Waals surface area contributed by atoms with Gasteiger partial charge in [0.05, 0.1) is 6.42 Å². The van der Waals surface area contributed by atoms with Crippen LogP contribution in [0.15, 0.2) is 28.7 Å². The number of nitrogens with zero attached hydrogens (tertiary/aromatic N) is 4. The van der Waals surface area contributed by atoms with Crippen molar-refractivity contribution in [1.82, 2.24) is 15.1 Å². The molecule has 1 saturated heterocycles. The summed E-state index contributed by atoms with van der Waals surface area (Å²) in [5, 5.41) is 10.2. The zero-order chi connectivity index (χ0) is 15.5. The molecule has 7 heteroatoms. The van der Waals surface area contributed by atoms with Gasteiger partial charge in [-0.3, -0.25) is 4.79 Å². The Kier molecular flexibility index (Phi) is 4.73. The zero-order valence-electron chi connectivity index (χ0n) is 12.3. The highest BCUT2D eigenvalue weighted by Crippen LogP contribution is 2.21. The molecule has 0 N–H and O–H groups in total. The molecule has 1 aliphatic rings. The van der Waals surface area contributed by atoms with Crippen LogP contribution in [0.2, 0.25) is 0 Å². The highest BCUT2D eigenvalue weighted by molar-refractivity contribution is 9.10. The van der Waals surface area contributed by atoms with Crippen molar-refractivity contribution in [2.24, 2.45) is 0 Å². The second-order valence-corrected chi connectivity index (χ2v) is 7.35. The SMILES string of the molecule is Cc1nnc(N2CCN(C(=O)Cc3ccc(Br)cc3)CC2)s1. The fourth-order valence-corrected chi connectivity index (χ4v) is 3.45. The van der Waals surface area contributed by atoms with Gasteiger partial charge in [-0.25, -0.2) is 0 Å². The number of carbonyl (C=O) groups excluding carboxylic acids is 1. The molecule has 1 aromatic heterocycles. The third kappa shape index (κ3) is 3.64. The number of hydrogen-bond acceptors (Lipinski definition) is 5. The number of carbonyl (C=O) groups is 1. The van der Waals surface area contributed by atoms with E-state index in [2.05, 4.69) is 31.0 Å².